The molecule has 0 saturated carbocycles. The molecule has 3 atom stereocenters. The van der Waals surface area contributed by atoms with E-state index in [1.807, 2.05) is 11.8 Å². The van der Waals surface area contributed by atoms with Crippen LogP contribution in [0, 0.1) is 5.92 Å². The van der Waals surface area contributed by atoms with E-state index in [2.05, 4.69) is 6.92 Å². The molecular formula is C10H17NO2. The predicted octanol–water partition coefficient (Wildman–Crippen LogP) is 1.38. The van der Waals surface area contributed by atoms with E-state index >= 15 is 0 Å². The normalized spacial score (nSPS) is 40.3. The standard InChI is InChI=1S/C10H17NO2/c1-7-5-6-13-9-4-3-8(2)11(9)10(7)12/h7-9H,3-6H2,1-2H3/t7-,8+,9?/m0/s1. The first-order valence-corrected chi connectivity index (χ1v) is 5.14. The minimum absolute atomic E-state index is 0.0763. The number of hydrogen-bond donors (Lipinski definition) is 0. The van der Waals surface area contributed by atoms with Gasteiger partial charge in [0, 0.05) is 18.6 Å². The van der Waals surface area contributed by atoms with E-state index in [0.29, 0.717) is 6.04 Å². The molecule has 2 aliphatic rings. The van der Waals surface area contributed by atoms with E-state index in [9.17, 15) is 4.79 Å². The molecule has 2 saturated heterocycles. The Morgan fingerprint density at radius 3 is 2.85 bits per heavy atom. The van der Waals surface area contributed by atoms with Crippen LogP contribution in [0.25, 0.3) is 0 Å². The second kappa shape index (κ2) is 3.29. The van der Waals surface area contributed by atoms with Crippen LogP contribution in [0.1, 0.15) is 33.1 Å². The Kier molecular flexibility index (Phi) is 2.28. The van der Waals surface area contributed by atoms with Crippen molar-refractivity contribution < 1.29 is 9.53 Å². The van der Waals surface area contributed by atoms with E-state index in [4.69, 9.17) is 4.74 Å². The molecule has 2 heterocycles. The van der Waals surface area contributed by atoms with Crippen LogP contribution in [0.5, 0.6) is 0 Å². The van der Waals surface area contributed by atoms with E-state index in [1.165, 1.54) is 0 Å². The van der Waals surface area contributed by atoms with E-state index in [1.54, 1.807) is 0 Å². The number of carbonyl (C=O) groups excluding carboxylic acids is 1. The minimum atomic E-state index is 0.0763. The van der Waals surface area contributed by atoms with Gasteiger partial charge in [0.25, 0.3) is 0 Å². The molecule has 0 radical (unpaired) electrons. The fourth-order valence-electron chi connectivity index (χ4n) is 2.23. The van der Waals surface area contributed by atoms with Crippen LogP contribution in [-0.4, -0.2) is 29.7 Å². The molecule has 1 amide bonds. The van der Waals surface area contributed by atoms with Gasteiger partial charge in [-0.3, -0.25) is 4.79 Å². The van der Waals surface area contributed by atoms with Crippen LogP contribution in [0.3, 0.4) is 0 Å². The number of ether oxygens (including phenoxy) is 1. The maximum atomic E-state index is 11.9. The molecule has 3 nitrogen and oxygen atoms in total. The van der Waals surface area contributed by atoms with Gasteiger partial charge in [-0.05, 0) is 26.2 Å². The Bertz CT molecular complexity index is 217. The number of carbonyl (C=O) groups is 1. The summed E-state index contributed by atoms with van der Waals surface area (Å²) < 4.78 is 5.64. The summed E-state index contributed by atoms with van der Waals surface area (Å²) in [7, 11) is 0. The zero-order valence-electron chi connectivity index (χ0n) is 8.32. The van der Waals surface area contributed by atoms with Crippen LogP contribution in [0.2, 0.25) is 0 Å². The largest absolute Gasteiger partial charge is 0.358 e. The lowest BCUT2D eigenvalue weighted by Gasteiger charge is -2.27. The van der Waals surface area contributed by atoms with Gasteiger partial charge < -0.3 is 9.64 Å². The highest BCUT2D eigenvalue weighted by atomic mass is 16.5. The number of amides is 1. The van der Waals surface area contributed by atoms with E-state index in [0.717, 1.165) is 25.9 Å². The second-order valence-electron chi connectivity index (χ2n) is 4.19. The molecule has 3 heteroatoms. The topological polar surface area (TPSA) is 29.5 Å². The average Bonchev–Trinajstić information content (AvgIpc) is 2.39. The fraction of sp³-hybridized carbons (Fsp3) is 0.900. The molecule has 1 unspecified atom stereocenters. The van der Waals surface area contributed by atoms with Gasteiger partial charge in [0.2, 0.25) is 5.91 Å². The van der Waals surface area contributed by atoms with Crippen LogP contribution in [-0.2, 0) is 9.53 Å². The first-order chi connectivity index (χ1) is 6.20. The van der Waals surface area contributed by atoms with Gasteiger partial charge in [-0.2, -0.15) is 0 Å². The molecule has 0 aromatic carbocycles. The fourth-order valence-corrected chi connectivity index (χ4v) is 2.23. The molecule has 0 N–H and O–H groups in total. The molecule has 13 heavy (non-hydrogen) atoms. The van der Waals surface area contributed by atoms with Crippen molar-refractivity contribution in [3.05, 3.63) is 0 Å². The van der Waals surface area contributed by atoms with Crippen molar-refractivity contribution in [3.8, 4) is 0 Å². The monoisotopic (exact) mass is 183 g/mol. The van der Waals surface area contributed by atoms with Gasteiger partial charge in [-0.25, -0.2) is 0 Å². The lowest BCUT2D eigenvalue weighted by molar-refractivity contribution is -0.143. The van der Waals surface area contributed by atoms with Gasteiger partial charge >= 0.3 is 0 Å². The predicted molar refractivity (Wildman–Crippen MR) is 49.1 cm³/mol. The minimum Gasteiger partial charge on any atom is -0.358 e. The summed E-state index contributed by atoms with van der Waals surface area (Å²) in [6.07, 6.45) is 3.05. The van der Waals surface area contributed by atoms with Crippen molar-refractivity contribution in [2.75, 3.05) is 6.61 Å². The molecule has 2 fully saturated rings. The van der Waals surface area contributed by atoms with Gasteiger partial charge in [0.05, 0.1) is 0 Å². The summed E-state index contributed by atoms with van der Waals surface area (Å²) in [5.41, 5.74) is 0. The smallest absolute Gasteiger partial charge is 0.227 e. The maximum absolute atomic E-state index is 11.9. The number of rotatable bonds is 0. The number of hydrogen-bond acceptors (Lipinski definition) is 2. The Labute approximate surface area is 79.0 Å². The SMILES string of the molecule is C[C@@H]1CCC2OCC[C@H](C)C(=O)N21. The van der Waals surface area contributed by atoms with Crippen molar-refractivity contribution in [2.45, 2.75) is 45.4 Å². The van der Waals surface area contributed by atoms with Crippen LogP contribution >= 0.6 is 0 Å². The number of nitrogens with zero attached hydrogens (tertiary/aromatic N) is 1. The zero-order chi connectivity index (χ0) is 9.42. The first kappa shape index (κ1) is 9.00. The van der Waals surface area contributed by atoms with Crippen molar-refractivity contribution in [3.63, 3.8) is 0 Å². The Balaban J connectivity index is 2.18. The molecule has 0 aliphatic carbocycles. The summed E-state index contributed by atoms with van der Waals surface area (Å²) in [5.74, 6) is 0.429. The first-order valence-electron chi connectivity index (χ1n) is 5.14. The molecule has 0 spiro atoms. The highest BCUT2D eigenvalue weighted by Crippen LogP contribution is 2.29. The lowest BCUT2D eigenvalue weighted by atomic mass is 10.1. The molecule has 74 valence electrons. The van der Waals surface area contributed by atoms with Crippen LogP contribution in [0.15, 0.2) is 0 Å². The molecule has 0 aromatic rings. The molecule has 2 rings (SSSR count). The van der Waals surface area contributed by atoms with Crippen LogP contribution in [0.4, 0.5) is 0 Å². The summed E-state index contributed by atoms with van der Waals surface area (Å²) in [5, 5.41) is 0. The third-order valence-corrected chi connectivity index (χ3v) is 3.15. The maximum Gasteiger partial charge on any atom is 0.227 e. The van der Waals surface area contributed by atoms with Gasteiger partial charge in [0.1, 0.15) is 6.23 Å². The lowest BCUT2D eigenvalue weighted by Crippen LogP contribution is -2.41. The van der Waals surface area contributed by atoms with Crippen molar-refractivity contribution in [1.29, 1.82) is 0 Å². The molecular weight excluding hydrogens is 166 g/mol. The molecule has 0 aromatic heterocycles. The molecule has 2 aliphatic heterocycles. The Hall–Kier alpha value is -0.570. The van der Waals surface area contributed by atoms with Crippen LogP contribution < -0.4 is 0 Å². The van der Waals surface area contributed by atoms with E-state index < -0.39 is 0 Å². The van der Waals surface area contributed by atoms with Crippen molar-refractivity contribution >= 4 is 5.91 Å². The summed E-state index contributed by atoms with van der Waals surface area (Å²) >= 11 is 0. The van der Waals surface area contributed by atoms with Gasteiger partial charge in [-0.1, -0.05) is 6.92 Å². The zero-order valence-corrected chi connectivity index (χ0v) is 8.32. The highest BCUT2D eigenvalue weighted by molar-refractivity contribution is 5.79. The van der Waals surface area contributed by atoms with Gasteiger partial charge in [-0.15, -0.1) is 0 Å². The van der Waals surface area contributed by atoms with E-state index in [-0.39, 0.29) is 18.1 Å². The van der Waals surface area contributed by atoms with Gasteiger partial charge in [0.15, 0.2) is 0 Å². The van der Waals surface area contributed by atoms with Crippen molar-refractivity contribution in [2.24, 2.45) is 5.92 Å². The Morgan fingerprint density at radius 1 is 1.31 bits per heavy atom. The third-order valence-electron chi connectivity index (χ3n) is 3.15. The molecule has 0 bridgehead atoms. The second-order valence-corrected chi connectivity index (χ2v) is 4.19. The quantitative estimate of drug-likeness (QED) is 0.568. The third kappa shape index (κ3) is 1.46. The van der Waals surface area contributed by atoms with Crippen molar-refractivity contribution in [1.82, 2.24) is 4.90 Å². The summed E-state index contributed by atoms with van der Waals surface area (Å²) in [4.78, 5) is 13.8. The highest BCUT2D eigenvalue weighted by Gasteiger charge is 2.38. The average molecular weight is 183 g/mol. The number of fused-ring (bicyclic) bond motifs is 1. The summed E-state index contributed by atoms with van der Waals surface area (Å²) in [6.45, 7) is 4.85. The summed E-state index contributed by atoms with van der Waals surface area (Å²) in [6, 6.07) is 0.373. The Morgan fingerprint density at radius 2 is 2.08 bits per heavy atom.